The summed E-state index contributed by atoms with van der Waals surface area (Å²) in [7, 11) is 0. The SMILES string of the molecule is CC(C)(C)c1cc[c-]c(-c2cc(C(C)(C)C)ccn2)c1.Fc1ccc2c(ccc3c4ccnc(-c5[c-]cc6c7ccccc7c7ccccc7c6c5)c4ccc23)c1.[Ir]. The molecule has 10 aromatic rings. The van der Waals surface area contributed by atoms with Crippen molar-refractivity contribution in [2.75, 3.05) is 0 Å². The Hall–Kier alpha value is -5.80. The molecular formula is C54H43FIrN2-2. The molecule has 0 atom stereocenters. The molecule has 0 unspecified atom stereocenters. The molecule has 0 fully saturated rings. The second-order valence-corrected chi connectivity index (χ2v) is 17.0. The maximum Gasteiger partial charge on any atom is 0.123 e. The fraction of sp³-hybridized carbons (Fsp3) is 0.148. The van der Waals surface area contributed by atoms with E-state index in [0.29, 0.717) is 0 Å². The van der Waals surface area contributed by atoms with Crippen LogP contribution in [-0.2, 0) is 30.9 Å². The zero-order valence-electron chi connectivity index (χ0n) is 33.5. The molecule has 287 valence electrons. The minimum Gasteiger partial charge on any atom is -0.305 e. The third-order valence-corrected chi connectivity index (χ3v) is 11.2. The topological polar surface area (TPSA) is 25.8 Å². The van der Waals surface area contributed by atoms with Crippen molar-refractivity contribution < 1.29 is 24.5 Å². The molecule has 0 bridgehead atoms. The Morgan fingerprint density at radius 3 is 1.71 bits per heavy atom. The molecule has 1 radical (unpaired) electrons. The normalized spacial score (nSPS) is 11.9. The van der Waals surface area contributed by atoms with Crippen LogP contribution in [0.3, 0.4) is 0 Å². The molecule has 0 amide bonds. The number of hydrogen-bond donors (Lipinski definition) is 0. The van der Waals surface area contributed by atoms with E-state index in [0.717, 1.165) is 54.8 Å². The molecule has 2 heterocycles. The van der Waals surface area contributed by atoms with E-state index in [4.69, 9.17) is 4.98 Å². The molecule has 58 heavy (non-hydrogen) atoms. The van der Waals surface area contributed by atoms with Crippen LogP contribution >= 0.6 is 0 Å². The smallest absolute Gasteiger partial charge is 0.123 e. The van der Waals surface area contributed by atoms with Crippen LogP contribution in [0.1, 0.15) is 52.7 Å². The molecule has 8 aromatic carbocycles. The summed E-state index contributed by atoms with van der Waals surface area (Å²) < 4.78 is 13.8. The third-order valence-electron chi connectivity index (χ3n) is 11.2. The van der Waals surface area contributed by atoms with Crippen molar-refractivity contribution in [3.05, 3.63) is 181 Å². The van der Waals surface area contributed by atoms with Gasteiger partial charge < -0.3 is 9.97 Å². The van der Waals surface area contributed by atoms with Gasteiger partial charge in [0, 0.05) is 32.5 Å². The van der Waals surface area contributed by atoms with Crippen molar-refractivity contribution >= 4 is 64.6 Å². The van der Waals surface area contributed by atoms with Gasteiger partial charge in [-0.2, -0.15) is 0 Å². The van der Waals surface area contributed by atoms with Crippen LogP contribution in [0, 0.1) is 17.9 Å². The number of pyridine rings is 2. The van der Waals surface area contributed by atoms with Crippen LogP contribution in [0.4, 0.5) is 4.39 Å². The third kappa shape index (κ3) is 7.17. The van der Waals surface area contributed by atoms with E-state index in [1.807, 2.05) is 30.6 Å². The van der Waals surface area contributed by atoms with Crippen molar-refractivity contribution in [1.29, 1.82) is 0 Å². The molecule has 0 saturated carbocycles. The molecule has 2 aromatic heterocycles. The Bertz CT molecular complexity index is 3080. The monoisotopic (exact) mass is 931 g/mol. The van der Waals surface area contributed by atoms with Gasteiger partial charge in [-0.1, -0.05) is 143 Å². The van der Waals surface area contributed by atoms with E-state index in [-0.39, 0.29) is 36.8 Å². The molecule has 2 nitrogen and oxygen atoms in total. The van der Waals surface area contributed by atoms with Crippen molar-refractivity contribution in [3.8, 4) is 22.5 Å². The second kappa shape index (κ2) is 15.2. The van der Waals surface area contributed by atoms with E-state index < -0.39 is 0 Å². The van der Waals surface area contributed by atoms with E-state index in [9.17, 15) is 4.39 Å². The van der Waals surface area contributed by atoms with Gasteiger partial charge in [0.2, 0.25) is 0 Å². The Morgan fingerprint density at radius 2 is 1.00 bits per heavy atom. The van der Waals surface area contributed by atoms with Crippen LogP contribution in [0.2, 0.25) is 0 Å². The van der Waals surface area contributed by atoms with Crippen LogP contribution in [-0.4, -0.2) is 9.97 Å². The molecule has 0 aliphatic carbocycles. The van der Waals surface area contributed by atoms with Crippen LogP contribution < -0.4 is 0 Å². The molecule has 0 aliphatic rings. The summed E-state index contributed by atoms with van der Waals surface area (Å²) in [6, 6.07) is 54.4. The van der Waals surface area contributed by atoms with E-state index >= 15 is 0 Å². The number of hydrogen-bond acceptors (Lipinski definition) is 2. The van der Waals surface area contributed by atoms with Gasteiger partial charge in [0.15, 0.2) is 0 Å². The van der Waals surface area contributed by atoms with E-state index in [2.05, 4.69) is 168 Å². The average Bonchev–Trinajstić information content (AvgIpc) is 3.22. The fourth-order valence-electron chi connectivity index (χ4n) is 8.10. The Labute approximate surface area is 353 Å². The van der Waals surface area contributed by atoms with Crippen molar-refractivity contribution in [2.45, 2.75) is 52.4 Å². The van der Waals surface area contributed by atoms with Gasteiger partial charge in [0.05, 0.1) is 0 Å². The Morgan fingerprint density at radius 1 is 0.448 bits per heavy atom. The van der Waals surface area contributed by atoms with Gasteiger partial charge in [0.25, 0.3) is 0 Å². The first kappa shape index (κ1) is 39.0. The zero-order valence-corrected chi connectivity index (χ0v) is 35.9. The molecule has 4 heteroatoms. The fourth-order valence-corrected chi connectivity index (χ4v) is 8.10. The summed E-state index contributed by atoms with van der Waals surface area (Å²) >= 11 is 0. The minimum atomic E-state index is -0.216. The average molecular weight is 931 g/mol. The van der Waals surface area contributed by atoms with Crippen LogP contribution in [0.25, 0.3) is 87.1 Å². The molecule has 10 rings (SSSR count). The summed E-state index contributed by atoms with van der Waals surface area (Å²) in [4.78, 5) is 9.34. The molecule has 0 N–H and O–H groups in total. The van der Waals surface area contributed by atoms with Crippen LogP contribution in [0.5, 0.6) is 0 Å². The first-order valence-electron chi connectivity index (χ1n) is 19.6. The zero-order chi connectivity index (χ0) is 39.5. The number of nitrogens with zero attached hydrogens (tertiary/aromatic N) is 2. The number of halogens is 1. The quantitative estimate of drug-likeness (QED) is 0.128. The van der Waals surface area contributed by atoms with Crippen molar-refractivity contribution in [2.24, 2.45) is 0 Å². The first-order valence-corrected chi connectivity index (χ1v) is 19.6. The largest absolute Gasteiger partial charge is 0.305 e. The Balaban J connectivity index is 0.000000191. The van der Waals surface area contributed by atoms with Gasteiger partial charge in [-0.25, -0.2) is 4.39 Å². The van der Waals surface area contributed by atoms with E-state index in [1.165, 1.54) is 49.5 Å². The predicted molar refractivity (Wildman–Crippen MR) is 239 cm³/mol. The van der Waals surface area contributed by atoms with Gasteiger partial charge in [-0.05, 0) is 101 Å². The van der Waals surface area contributed by atoms with Gasteiger partial charge >= 0.3 is 0 Å². The van der Waals surface area contributed by atoms with Crippen molar-refractivity contribution in [3.63, 3.8) is 0 Å². The number of benzene rings is 8. The predicted octanol–water partition coefficient (Wildman–Crippen LogP) is 14.7. The number of fused-ring (bicyclic) bond motifs is 11. The molecule has 0 saturated heterocycles. The summed E-state index contributed by atoms with van der Waals surface area (Å²) in [5, 5.41) is 13.8. The molecule has 0 spiro atoms. The van der Waals surface area contributed by atoms with Gasteiger partial charge in [0.1, 0.15) is 5.82 Å². The summed E-state index contributed by atoms with van der Waals surface area (Å²) in [6.45, 7) is 13.4. The van der Waals surface area contributed by atoms with Crippen molar-refractivity contribution in [1.82, 2.24) is 9.97 Å². The number of aromatic nitrogens is 2. The summed E-state index contributed by atoms with van der Waals surface area (Å²) in [5.41, 5.74) is 6.86. The molecule has 0 aliphatic heterocycles. The minimum absolute atomic E-state index is 0. The summed E-state index contributed by atoms with van der Waals surface area (Å²) in [6.07, 6.45) is 3.77. The van der Waals surface area contributed by atoms with E-state index in [1.54, 1.807) is 6.07 Å². The maximum absolute atomic E-state index is 13.8. The van der Waals surface area contributed by atoms with Gasteiger partial charge in [-0.15, -0.1) is 59.2 Å². The molecular weight excluding hydrogens is 888 g/mol. The standard InChI is InChI=1S/C35H19FN.C19H24N.Ir/c36-23-11-14-24-21(19-23)9-12-30-29(24)15-16-33-32(30)17-18-37-35(33)22-10-13-31-27-7-2-1-5-25(27)26-6-3-4-8-28(26)34(31)20-22;1-18(2,3)15-9-7-8-14(12-15)17-13-16(10-11-20-17)19(4,5)6;/h1-9,11-20H;7,9-13H,1-6H3;/q2*-1;. The summed E-state index contributed by atoms with van der Waals surface area (Å²) in [5.74, 6) is -0.216. The number of rotatable bonds is 2. The van der Waals surface area contributed by atoms with Crippen LogP contribution in [0.15, 0.2) is 152 Å². The first-order chi connectivity index (χ1) is 27.4. The second-order valence-electron chi connectivity index (χ2n) is 17.0. The Kier molecular flexibility index (Phi) is 10.2. The maximum atomic E-state index is 13.8. The van der Waals surface area contributed by atoms with Gasteiger partial charge in [-0.3, -0.25) is 0 Å².